The monoisotopic (exact) mass is 460 g/mol. The Morgan fingerprint density at radius 2 is 0.818 bits per heavy atom. The van der Waals surface area contributed by atoms with Crippen LogP contribution in [0.3, 0.4) is 0 Å². The minimum absolute atomic E-state index is 1.08. The van der Waals surface area contributed by atoms with Gasteiger partial charge in [-0.2, -0.15) is 0 Å². The summed E-state index contributed by atoms with van der Waals surface area (Å²) in [5, 5.41) is 0. The van der Waals surface area contributed by atoms with E-state index >= 15 is 0 Å². The highest BCUT2D eigenvalue weighted by Gasteiger charge is 2.19. The van der Waals surface area contributed by atoms with Crippen molar-refractivity contribution in [3.63, 3.8) is 0 Å². The van der Waals surface area contributed by atoms with Gasteiger partial charge in [0.1, 0.15) is 13.1 Å². The van der Waals surface area contributed by atoms with Crippen molar-refractivity contribution in [2.75, 3.05) is 54.9 Å². The van der Waals surface area contributed by atoms with Crippen molar-refractivity contribution in [3.05, 3.63) is 35.9 Å². The Bertz CT molecular complexity index is 544. The summed E-state index contributed by atoms with van der Waals surface area (Å²) in [5.41, 5.74) is 1.50. The summed E-state index contributed by atoms with van der Waals surface area (Å²) in [6, 6.07) is 11.0. The quantitative estimate of drug-likeness (QED) is 0.121. The largest absolute Gasteiger partial charge is 0.326 e. The molecular formula is C31H60N2+2. The standard InChI is InChI=1S/C31H60N2/c1-32(2,3)29-30-33(4,5)28-24-19-17-15-13-11-9-7-6-8-10-12-14-16-18-21-25-31-26-22-20-23-27-31/h20,22-23,26-27H,6-19,21,24-25,28-30H2,1-5H3/q+2. The zero-order chi connectivity index (χ0) is 24.3. The van der Waals surface area contributed by atoms with Gasteiger partial charge in [-0.1, -0.05) is 114 Å². The Morgan fingerprint density at radius 1 is 0.424 bits per heavy atom. The molecule has 0 saturated heterocycles. The predicted molar refractivity (Wildman–Crippen MR) is 149 cm³/mol. The van der Waals surface area contributed by atoms with Crippen LogP contribution in [0.15, 0.2) is 30.3 Å². The Labute approximate surface area is 208 Å². The van der Waals surface area contributed by atoms with Crippen LogP contribution >= 0.6 is 0 Å². The fourth-order valence-corrected chi connectivity index (χ4v) is 4.67. The van der Waals surface area contributed by atoms with Crippen LogP contribution < -0.4 is 0 Å². The fourth-order valence-electron chi connectivity index (χ4n) is 4.67. The zero-order valence-electron chi connectivity index (χ0n) is 23.4. The van der Waals surface area contributed by atoms with E-state index in [4.69, 9.17) is 0 Å². The van der Waals surface area contributed by atoms with Gasteiger partial charge in [0.15, 0.2) is 0 Å². The lowest BCUT2D eigenvalue weighted by Gasteiger charge is -2.33. The molecule has 0 N–H and O–H groups in total. The molecule has 1 rings (SSSR count). The Kier molecular flexibility index (Phi) is 16.9. The van der Waals surface area contributed by atoms with Crippen molar-refractivity contribution in [2.45, 2.75) is 109 Å². The second-order valence-electron chi connectivity index (χ2n) is 12.3. The van der Waals surface area contributed by atoms with Gasteiger partial charge in [-0.15, -0.1) is 0 Å². The molecule has 1 aromatic rings. The molecule has 192 valence electrons. The van der Waals surface area contributed by atoms with Gasteiger partial charge in [0.2, 0.25) is 0 Å². The SMILES string of the molecule is C[N+](C)(C)CC[N+](C)(C)CCCCCCCCCCCCCCCCCCc1ccccc1. The number of unbranched alkanes of at least 4 members (excludes halogenated alkanes) is 15. The average molecular weight is 461 g/mol. The van der Waals surface area contributed by atoms with Crippen LogP contribution in [0, 0.1) is 0 Å². The Hall–Kier alpha value is -0.860. The lowest BCUT2D eigenvalue weighted by molar-refractivity contribution is -0.937. The van der Waals surface area contributed by atoms with E-state index in [1.54, 1.807) is 0 Å². The van der Waals surface area contributed by atoms with Crippen molar-refractivity contribution in [1.29, 1.82) is 0 Å². The summed E-state index contributed by atoms with van der Waals surface area (Å²) in [6.07, 6.45) is 24.3. The van der Waals surface area contributed by atoms with Gasteiger partial charge >= 0.3 is 0 Å². The molecule has 0 aliphatic rings. The number of aryl methyl sites for hydroxylation is 1. The fraction of sp³-hybridized carbons (Fsp3) is 0.806. The van der Waals surface area contributed by atoms with Crippen molar-refractivity contribution < 1.29 is 8.97 Å². The third-order valence-electron chi connectivity index (χ3n) is 7.20. The molecule has 0 radical (unpaired) electrons. The Balaban J connectivity index is 1.76. The van der Waals surface area contributed by atoms with E-state index < -0.39 is 0 Å². The van der Waals surface area contributed by atoms with Gasteiger partial charge in [-0.25, -0.2) is 0 Å². The van der Waals surface area contributed by atoms with E-state index in [0.717, 1.165) is 4.48 Å². The molecule has 0 bridgehead atoms. The summed E-state index contributed by atoms with van der Waals surface area (Å²) < 4.78 is 2.26. The first-order chi connectivity index (χ1) is 15.8. The highest BCUT2D eigenvalue weighted by Crippen LogP contribution is 2.15. The van der Waals surface area contributed by atoms with Crippen LogP contribution in [0.1, 0.15) is 108 Å². The topological polar surface area (TPSA) is 0 Å². The maximum Gasteiger partial charge on any atom is 0.128 e. The highest BCUT2D eigenvalue weighted by molar-refractivity contribution is 5.14. The van der Waals surface area contributed by atoms with E-state index in [1.165, 1.54) is 139 Å². The summed E-state index contributed by atoms with van der Waals surface area (Å²) >= 11 is 0. The molecule has 0 spiro atoms. The van der Waals surface area contributed by atoms with Gasteiger partial charge < -0.3 is 8.97 Å². The van der Waals surface area contributed by atoms with Crippen molar-refractivity contribution in [3.8, 4) is 0 Å². The Morgan fingerprint density at radius 3 is 1.24 bits per heavy atom. The molecular weight excluding hydrogens is 400 g/mol. The summed E-state index contributed by atoms with van der Waals surface area (Å²) in [7, 11) is 11.7. The number of hydrogen-bond acceptors (Lipinski definition) is 0. The molecule has 2 nitrogen and oxygen atoms in total. The predicted octanol–water partition coefficient (Wildman–Crippen LogP) is 8.25. The molecule has 0 saturated carbocycles. The van der Waals surface area contributed by atoms with Gasteiger partial charge in [-0.3, -0.25) is 0 Å². The smallest absolute Gasteiger partial charge is 0.128 e. The van der Waals surface area contributed by atoms with Crippen LogP contribution in [0.5, 0.6) is 0 Å². The number of benzene rings is 1. The molecule has 0 amide bonds. The maximum atomic E-state index is 2.41. The van der Waals surface area contributed by atoms with Crippen LogP contribution in [-0.2, 0) is 6.42 Å². The van der Waals surface area contributed by atoms with Crippen molar-refractivity contribution in [2.24, 2.45) is 0 Å². The van der Waals surface area contributed by atoms with Crippen LogP contribution in [-0.4, -0.2) is 63.8 Å². The molecule has 0 aromatic heterocycles. The molecule has 33 heavy (non-hydrogen) atoms. The second kappa shape index (κ2) is 18.5. The first-order valence-electron chi connectivity index (χ1n) is 14.4. The maximum absolute atomic E-state index is 2.41. The second-order valence-corrected chi connectivity index (χ2v) is 12.3. The van der Waals surface area contributed by atoms with Crippen LogP contribution in [0.25, 0.3) is 0 Å². The highest BCUT2D eigenvalue weighted by atomic mass is 15.4. The minimum Gasteiger partial charge on any atom is -0.326 e. The summed E-state index contributed by atoms with van der Waals surface area (Å²) in [5.74, 6) is 0. The first kappa shape index (κ1) is 30.2. The van der Waals surface area contributed by atoms with Crippen LogP contribution in [0.4, 0.5) is 0 Å². The third kappa shape index (κ3) is 20.2. The lowest BCUT2D eigenvalue weighted by atomic mass is 10.0. The van der Waals surface area contributed by atoms with Gasteiger partial charge in [0, 0.05) is 0 Å². The summed E-state index contributed by atoms with van der Waals surface area (Å²) in [4.78, 5) is 0. The molecule has 0 heterocycles. The first-order valence-corrected chi connectivity index (χ1v) is 14.4. The average Bonchev–Trinajstić information content (AvgIpc) is 2.77. The van der Waals surface area contributed by atoms with E-state index in [1.807, 2.05) is 0 Å². The van der Waals surface area contributed by atoms with Crippen LogP contribution in [0.2, 0.25) is 0 Å². The zero-order valence-corrected chi connectivity index (χ0v) is 23.4. The molecule has 2 heteroatoms. The van der Waals surface area contributed by atoms with Gasteiger partial charge in [-0.05, 0) is 31.2 Å². The molecule has 0 aliphatic heterocycles. The molecule has 1 aromatic carbocycles. The van der Waals surface area contributed by atoms with Gasteiger partial charge in [0.05, 0.1) is 41.8 Å². The third-order valence-corrected chi connectivity index (χ3v) is 7.20. The van der Waals surface area contributed by atoms with Crippen molar-refractivity contribution >= 4 is 0 Å². The summed E-state index contributed by atoms with van der Waals surface area (Å²) in [6.45, 7) is 3.90. The van der Waals surface area contributed by atoms with E-state index in [-0.39, 0.29) is 0 Å². The normalized spacial score (nSPS) is 12.4. The van der Waals surface area contributed by atoms with E-state index in [0.29, 0.717) is 0 Å². The molecule has 0 fully saturated rings. The van der Waals surface area contributed by atoms with Crippen molar-refractivity contribution in [1.82, 2.24) is 0 Å². The lowest BCUT2D eigenvalue weighted by Crippen LogP contribution is -2.49. The number of nitrogens with zero attached hydrogens (tertiary/aromatic N) is 2. The number of likely N-dealkylation sites (N-methyl/N-ethyl adjacent to an activating group) is 2. The number of hydrogen-bond donors (Lipinski definition) is 0. The van der Waals surface area contributed by atoms with E-state index in [9.17, 15) is 0 Å². The molecule has 0 aliphatic carbocycles. The van der Waals surface area contributed by atoms with E-state index in [2.05, 4.69) is 65.6 Å². The van der Waals surface area contributed by atoms with Gasteiger partial charge in [0.25, 0.3) is 0 Å². The number of quaternary nitrogens is 2. The molecule has 0 atom stereocenters. The molecule has 0 unspecified atom stereocenters. The minimum atomic E-state index is 1.08. The number of rotatable bonds is 22.